The number of benzene rings is 1. The fourth-order valence-electron chi connectivity index (χ4n) is 2.32. The smallest absolute Gasteiger partial charge is 0.116 e. The molecule has 5 heteroatoms. The Morgan fingerprint density at radius 1 is 1.15 bits per heavy atom. The summed E-state index contributed by atoms with van der Waals surface area (Å²) >= 11 is 0. The highest BCUT2D eigenvalue weighted by atomic mass is 16.5. The first-order valence-corrected chi connectivity index (χ1v) is 6.41. The van der Waals surface area contributed by atoms with E-state index in [1.165, 1.54) is 0 Å². The van der Waals surface area contributed by atoms with Crippen molar-refractivity contribution in [1.82, 2.24) is 0 Å². The van der Waals surface area contributed by atoms with Gasteiger partial charge in [-0.3, -0.25) is 0 Å². The Morgan fingerprint density at radius 3 is 2.45 bits per heavy atom. The average molecular weight is 284 g/mol. The van der Waals surface area contributed by atoms with E-state index in [1.54, 1.807) is 0 Å². The van der Waals surface area contributed by atoms with Gasteiger partial charge in [0.05, 0.1) is 19.3 Å². The Morgan fingerprint density at radius 2 is 1.80 bits per heavy atom. The highest BCUT2D eigenvalue weighted by Crippen LogP contribution is 2.29. The van der Waals surface area contributed by atoms with E-state index in [0.29, 0.717) is 6.61 Å². The topological polar surface area (TPSA) is 90.2 Å². The minimum Gasteiger partial charge on any atom is -0.390 e. The predicted molar refractivity (Wildman–Crippen MR) is 75.0 cm³/mol. The SMILES string of the molecule is C.OC1CCC(O)(COCc2ccccc2)C(O)C1O. The lowest BCUT2D eigenvalue weighted by Crippen LogP contribution is -2.59. The molecular weight excluding hydrogens is 260 g/mol. The minimum atomic E-state index is -1.51. The summed E-state index contributed by atoms with van der Waals surface area (Å²) in [5.74, 6) is 0. The molecule has 0 aliphatic heterocycles. The monoisotopic (exact) mass is 284 g/mol. The Balaban J connectivity index is 0.00000200. The van der Waals surface area contributed by atoms with Crippen LogP contribution in [0.5, 0.6) is 0 Å². The van der Waals surface area contributed by atoms with Crippen LogP contribution in [0.4, 0.5) is 0 Å². The first-order valence-electron chi connectivity index (χ1n) is 6.41. The van der Waals surface area contributed by atoms with Crippen molar-refractivity contribution < 1.29 is 25.2 Å². The molecule has 0 aromatic heterocycles. The molecule has 20 heavy (non-hydrogen) atoms. The molecule has 1 aromatic carbocycles. The summed E-state index contributed by atoms with van der Waals surface area (Å²) in [6.07, 6.45) is -3.29. The molecule has 0 radical (unpaired) electrons. The summed E-state index contributed by atoms with van der Waals surface area (Å²) < 4.78 is 5.41. The van der Waals surface area contributed by atoms with Crippen molar-refractivity contribution in [3.63, 3.8) is 0 Å². The molecule has 1 aliphatic carbocycles. The summed E-state index contributed by atoms with van der Waals surface area (Å²) in [7, 11) is 0. The molecule has 0 bridgehead atoms. The Kier molecular flexibility index (Phi) is 6.10. The largest absolute Gasteiger partial charge is 0.390 e. The molecule has 114 valence electrons. The number of ether oxygens (including phenoxy) is 1. The van der Waals surface area contributed by atoms with Crippen molar-refractivity contribution in [2.75, 3.05) is 6.61 Å². The lowest BCUT2D eigenvalue weighted by Gasteiger charge is -2.41. The molecule has 2 rings (SSSR count). The normalized spacial score (nSPS) is 33.5. The number of aliphatic hydroxyl groups excluding tert-OH is 3. The highest BCUT2D eigenvalue weighted by Gasteiger charge is 2.46. The van der Waals surface area contributed by atoms with Gasteiger partial charge in [0.15, 0.2) is 0 Å². The molecule has 1 aliphatic rings. The van der Waals surface area contributed by atoms with Gasteiger partial charge < -0.3 is 25.2 Å². The zero-order valence-electron chi connectivity index (χ0n) is 10.6. The third kappa shape index (κ3) is 3.77. The van der Waals surface area contributed by atoms with Crippen LogP contribution in [0.25, 0.3) is 0 Å². The van der Waals surface area contributed by atoms with Crippen LogP contribution < -0.4 is 0 Å². The van der Waals surface area contributed by atoms with Crippen molar-refractivity contribution in [2.45, 2.75) is 50.8 Å². The quantitative estimate of drug-likeness (QED) is 0.644. The number of hydrogen-bond donors (Lipinski definition) is 4. The van der Waals surface area contributed by atoms with Crippen LogP contribution in [0, 0.1) is 0 Å². The molecule has 1 saturated carbocycles. The van der Waals surface area contributed by atoms with Gasteiger partial charge in [0.2, 0.25) is 0 Å². The molecular formula is C15H24O5. The second-order valence-corrected chi connectivity index (χ2v) is 5.12. The van der Waals surface area contributed by atoms with Crippen molar-refractivity contribution in [3.8, 4) is 0 Å². The lowest BCUT2D eigenvalue weighted by atomic mass is 9.79. The van der Waals surface area contributed by atoms with Crippen LogP contribution in [-0.2, 0) is 11.3 Å². The van der Waals surface area contributed by atoms with Crippen LogP contribution in [0.2, 0.25) is 0 Å². The van der Waals surface area contributed by atoms with Gasteiger partial charge in [-0.25, -0.2) is 0 Å². The third-order valence-electron chi connectivity index (χ3n) is 3.60. The Bertz CT molecular complexity index is 397. The molecule has 0 spiro atoms. The van der Waals surface area contributed by atoms with Crippen LogP contribution in [0.3, 0.4) is 0 Å². The van der Waals surface area contributed by atoms with Gasteiger partial charge >= 0.3 is 0 Å². The molecule has 0 amide bonds. The number of aliphatic hydroxyl groups is 4. The van der Waals surface area contributed by atoms with Gasteiger partial charge in [0, 0.05) is 0 Å². The number of hydrogen-bond acceptors (Lipinski definition) is 5. The molecule has 4 atom stereocenters. The average Bonchev–Trinajstić information content (AvgIpc) is 2.43. The molecule has 4 N–H and O–H groups in total. The maximum Gasteiger partial charge on any atom is 0.116 e. The van der Waals surface area contributed by atoms with Crippen molar-refractivity contribution >= 4 is 0 Å². The summed E-state index contributed by atoms with van der Waals surface area (Å²) in [4.78, 5) is 0. The van der Waals surface area contributed by atoms with Gasteiger partial charge in [-0.1, -0.05) is 37.8 Å². The first kappa shape index (κ1) is 17.1. The molecule has 4 unspecified atom stereocenters. The van der Waals surface area contributed by atoms with Crippen LogP contribution in [0.1, 0.15) is 25.8 Å². The standard InChI is InChI=1S/C14H20O5.CH4/c15-11-6-7-14(18,13(17)12(11)16)9-19-8-10-4-2-1-3-5-10;/h1-5,11-13,15-18H,6-9H2;1H4. The number of rotatable bonds is 4. The van der Waals surface area contributed by atoms with Crippen molar-refractivity contribution in [1.29, 1.82) is 0 Å². The first-order chi connectivity index (χ1) is 9.03. The van der Waals surface area contributed by atoms with E-state index < -0.39 is 23.9 Å². The van der Waals surface area contributed by atoms with Gasteiger partial charge in [-0.05, 0) is 18.4 Å². The van der Waals surface area contributed by atoms with Gasteiger partial charge in [-0.2, -0.15) is 0 Å². The van der Waals surface area contributed by atoms with Crippen LogP contribution in [0.15, 0.2) is 30.3 Å². The van der Waals surface area contributed by atoms with Gasteiger partial charge in [0.25, 0.3) is 0 Å². The van der Waals surface area contributed by atoms with E-state index >= 15 is 0 Å². The Hall–Kier alpha value is -0.980. The summed E-state index contributed by atoms with van der Waals surface area (Å²) in [5.41, 5.74) is -0.537. The maximum atomic E-state index is 10.3. The minimum absolute atomic E-state index is 0. The highest BCUT2D eigenvalue weighted by molar-refractivity contribution is 5.13. The maximum absolute atomic E-state index is 10.3. The lowest BCUT2D eigenvalue weighted by molar-refractivity contribution is -0.205. The molecule has 1 fully saturated rings. The molecule has 0 saturated heterocycles. The van der Waals surface area contributed by atoms with Gasteiger partial charge in [-0.15, -0.1) is 0 Å². The molecule has 0 heterocycles. The van der Waals surface area contributed by atoms with Gasteiger partial charge in [0.1, 0.15) is 17.8 Å². The fraction of sp³-hybridized carbons (Fsp3) is 0.600. The van der Waals surface area contributed by atoms with E-state index in [0.717, 1.165) is 5.56 Å². The van der Waals surface area contributed by atoms with E-state index in [2.05, 4.69) is 0 Å². The van der Waals surface area contributed by atoms with E-state index in [1.807, 2.05) is 30.3 Å². The predicted octanol–water partition coefficient (Wildman–Crippen LogP) is 0.447. The zero-order valence-corrected chi connectivity index (χ0v) is 10.6. The van der Waals surface area contributed by atoms with E-state index in [9.17, 15) is 20.4 Å². The third-order valence-corrected chi connectivity index (χ3v) is 3.60. The molecule has 5 nitrogen and oxygen atoms in total. The second-order valence-electron chi connectivity index (χ2n) is 5.12. The van der Waals surface area contributed by atoms with Crippen LogP contribution >= 0.6 is 0 Å². The molecule has 1 aromatic rings. The van der Waals surface area contributed by atoms with Crippen molar-refractivity contribution in [3.05, 3.63) is 35.9 Å². The zero-order chi connectivity index (χ0) is 13.9. The Labute approximate surface area is 119 Å². The second kappa shape index (κ2) is 7.15. The summed E-state index contributed by atoms with van der Waals surface area (Å²) in [6, 6.07) is 9.49. The van der Waals surface area contributed by atoms with Crippen molar-refractivity contribution in [2.24, 2.45) is 0 Å². The van der Waals surface area contributed by atoms with E-state index in [4.69, 9.17) is 4.74 Å². The summed E-state index contributed by atoms with van der Waals surface area (Å²) in [6.45, 7) is 0.251. The van der Waals surface area contributed by atoms with E-state index in [-0.39, 0.29) is 26.9 Å². The fourth-order valence-corrected chi connectivity index (χ4v) is 2.32. The van der Waals surface area contributed by atoms with Crippen LogP contribution in [-0.4, -0.2) is 50.9 Å². The summed E-state index contributed by atoms with van der Waals surface area (Å²) in [5, 5.41) is 39.1.